The highest BCUT2D eigenvalue weighted by molar-refractivity contribution is 5.35. The molecule has 4 rings (SSSR count). The minimum absolute atomic E-state index is 0.568. The van der Waals surface area contributed by atoms with Gasteiger partial charge in [-0.15, -0.1) is 0 Å². The fraction of sp³-hybridized carbons (Fsp3) is 0.526. The summed E-state index contributed by atoms with van der Waals surface area (Å²) >= 11 is 0. The molecule has 2 aliphatic heterocycles. The molecule has 1 saturated heterocycles. The van der Waals surface area contributed by atoms with E-state index in [0.29, 0.717) is 5.92 Å². The van der Waals surface area contributed by atoms with Gasteiger partial charge in [-0.05, 0) is 11.1 Å². The number of aromatic nitrogens is 2. The number of nitrogens with one attached hydrogen (secondary N) is 2. The summed E-state index contributed by atoms with van der Waals surface area (Å²) in [6.07, 6.45) is 1.86. The van der Waals surface area contributed by atoms with Crippen molar-refractivity contribution in [1.82, 2.24) is 20.0 Å². The van der Waals surface area contributed by atoms with Crippen molar-refractivity contribution in [1.29, 1.82) is 0 Å². The zero-order chi connectivity index (χ0) is 16.9. The van der Waals surface area contributed by atoms with E-state index in [1.165, 1.54) is 11.1 Å². The molecule has 3 heterocycles. The predicted molar refractivity (Wildman–Crippen MR) is 98.5 cm³/mol. The number of anilines is 1. The molecule has 0 saturated carbocycles. The average Bonchev–Trinajstić information content (AvgIpc) is 3.12. The lowest BCUT2D eigenvalue weighted by molar-refractivity contribution is 0.0340. The molecule has 134 valence electrons. The first kappa shape index (κ1) is 16.6. The van der Waals surface area contributed by atoms with Crippen LogP contribution >= 0.6 is 0 Å². The summed E-state index contributed by atoms with van der Waals surface area (Å²) in [5.41, 5.74) is 2.82. The molecule has 0 bridgehead atoms. The lowest BCUT2D eigenvalue weighted by Crippen LogP contribution is -2.36. The van der Waals surface area contributed by atoms with Crippen LogP contribution in [0.3, 0.4) is 0 Å². The summed E-state index contributed by atoms with van der Waals surface area (Å²) in [6, 6.07) is 10.8. The zero-order valence-electron chi connectivity index (χ0n) is 14.7. The minimum Gasteiger partial charge on any atom is -0.379 e. The Morgan fingerprint density at radius 3 is 2.88 bits per heavy atom. The second kappa shape index (κ2) is 7.99. The Kier molecular flexibility index (Phi) is 5.30. The molecule has 1 aromatic carbocycles. The number of morpholine rings is 1. The predicted octanol–water partition coefficient (Wildman–Crippen LogP) is 1.55. The van der Waals surface area contributed by atoms with Crippen molar-refractivity contribution in [3.63, 3.8) is 0 Å². The monoisotopic (exact) mass is 341 g/mol. The molecule has 2 aromatic rings. The van der Waals surface area contributed by atoms with E-state index in [1.54, 1.807) is 0 Å². The van der Waals surface area contributed by atoms with Crippen LogP contribution in [0, 0.1) is 5.92 Å². The van der Waals surface area contributed by atoms with Crippen LogP contribution in [-0.4, -0.2) is 54.1 Å². The van der Waals surface area contributed by atoms with Crippen LogP contribution in [-0.2, 0) is 24.4 Å². The van der Waals surface area contributed by atoms with Crippen molar-refractivity contribution in [3.8, 4) is 0 Å². The van der Waals surface area contributed by atoms with Gasteiger partial charge < -0.3 is 15.4 Å². The van der Waals surface area contributed by atoms with Crippen molar-refractivity contribution in [2.45, 2.75) is 19.6 Å². The van der Waals surface area contributed by atoms with Crippen LogP contribution in [0.25, 0.3) is 0 Å². The van der Waals surface area contributed by atoms with Crippen molar-refractivity contribution in [2.75, 3.05) is 44.7 Å². The Hall–Kier alpha value is -1.89. The van der Waals surface area contributed by atoms with E-state index in [9.17, 15) is 0 Å². The number of fused-ring (bicyclic) bond motifs is 1. The molecule has 0 spiro atoms. The molecule has 0 radical (unpaired) electrons. The first-order valence-corrected chi connectivity index (χ1v) is 9.22. The van der Waals surface area contributed by atoms with Crippen molar-refractivity contribution < 1.29 is 4.74 Å². The first-order valence-electron chi connectivity index (χ1n) is 9.22. The summed E-state index contributed by atoms with van der Waals surface area (Å²) < 4.78 is 7.51. The third-order valence-corrected chi connectivity index (χ3v) is 5.08. The Morgan fingerprint density at radius 2 is 2.00 bits per heavy atom. The van der Waals surface area contributed by atoms with E-state index < -0.39 is 0 Å². The summed E-state index contributed by atoms with van der Waals surface area (Å²) in [6.45, 7) is 8.69. The Balaban J connectivity index is 1.29. The summed E-state index contributed by atoms with van der Waals surface area (Å²) in [5.74, 6) is 1.70. The van der Waals surface area contributed by atoms with Crippen LogP contribution in [0.2, 0.25) is 0 Å². The van der Waals surface area contributed by atoms with Crippen LogP contribution in [0.15, 0.2) is 36.5 Å². The Bertz CT molecular complexity index is 680. The maximum Gasteiger partial charge on any atom is 0.124 e. The SMILES string of the molecule is c1ccc(CN2CCOCC2)c(CNCC2CNc3ccnn3C2)c1. The number of ether oxygens (including phenoxy) is 1. The first-order chi connectivity index (χ1) is 12.4. The van der Waals surface area contributed by atoms with E-state index in [-0.39, 0.29) is 0 Å². The van der Waals surface area contributed by atoms with Crippen LogP contribution in [0.5, 0.6) is 0 Å². The zero-order valence-corrected chi connectivity index (χ0v) is 14.7. The van der Waals surface area contributed by atoms with Gasteiger partial charge in [-0.25, -0.2) is 4.68 Å². The highest BCUT2D eigenvalue weighted by Crippen LogP contribution is 2.16. The number of hydrogen-bond donors (Lipinski definition) is 2. The van der Waals surface area contributed by atoms with Crippen molar-refractivity contribution in [3.05, 3.63) is 47.7 Å². The molecule has 2 aliphatic rings. The summed E-state index contributed by atoms with van der Waals surface area (Å²) in [4.78, 5) is 2.48. The van der Waals surface area contributed by atoms with E-state index in [0.717, 1.165) is 64.8 Å². The third-order valence-electron chi connectivity index (χ3n) is 5.08. The van der Waals surface area contributed by atoms with Crippen LogP contribution in [0.4, 0.5) is 5.82 Å². The quantitative estimate of drug-likeness (QED) is 0.835. The van der Waals surface area contributed by atoms with Crippen molar-refractivity contribution in [2.24, 2.45) is 5.92 Å². The molecule has 0 aliphatic carbocycles. The standard InChI is InChI=1S/C19H27N5O/c1-2-4-18(15-23-7-9-25-10-8-23)17(3-1)13-20-11-16-12-21-19-5-6-22-24(19)14-16/h1-6,16,20-21H,7-15H2. The van der Waals surface area contributed by atoms with Gasteiger partial charge in [-0.3, -0.25) is 4.90 Å². The molecular formula is C19H27N5O. The third kappa shape index (κ3) is 4.21. The van der Waals surface area contributed by atoms with Gasteiger partial charge in [0, 0.05) is 57.8 Å². The molecule has 1 fully saturated rings. The lowest BCUT2D eigenvalue weighted by atomic mass is 10.1. The van der Waals surface area contributed by atoms with Gasteiger partial charge in [0.05, 0.1) is 19.4 Å². The topological polar surface area (TPSA) is 54.4 Å². The number of benzene rings is 1. The Morgan fingerprint density at radius 1 is 1.16 bits per heavy atom. The number of nitrogens with zero attached hydrogens (tertiary/aromatic N) is 3. The number of rotatable bonds is 6. The van der Waals surface area contributed by atoms with Crippen LogP contribution in [0.1, 0.15) is 11.1 Å². The van der Waals surface area contributed by atoms with E-state index in [2.05, 4.69) is 49.6 Å². The summed E-state index contributed by atoms with van der Waals surface area (Å²) in [7, 11) is 0. The molecule has 6 heteroatoms. The van der Waals surface area contributed by atoms with Gasteiger partial charge in [0.2, 0.25) is 0 Å². The number of hydrogen-bond acceptors (Lipinski definition) is 5. The summed E-state index contributed by atoms with van der Waals surface area (Å²) in [5, 5.41) is 11.5. The van der Waals surface area contributed by atoms with E-state index in [4.69, 9.17) is 4.74 Å². The molecule has 1 aromatic heterocycles. The maximum atomic E-state index is 5.45. The van der Waals surface area contributed by atoms with Gasteiger partial charge in [0.25, 0.3) is 0 Å². The van der Waals surface area contributed by atoms with Crippen LogP contribution < -0.4 is 10.6 Å². The lowest BCUT2D eigenvalue weighted by Gasteiger charge is -2.28. The smallest absolute Gasteiger partial charge is 0.124 e. The molecule has 1 atom stereocenters. The van der Waals surface area contributed by atoms with Crippen molar-refractivity contribution >= 4 is 5.82 Å². The van der Waals surface area contributed by atoms with E-state index >= 15 is 0 Å². The van der Waals surface area contributed by atoms with Gasteiger partial charge in [0.15, 0.2) is 0 Å². The van der Waals surface area contributed by atoms with Gasteiger partial charge in [-0.1, -0.05) is 24.3 Å². The largest absolute Gasteiger partial charge is 0.379 e. The molecule has 1 unspecified atom stereocenters. The normalized spacial score (nSPS) is 20.9. The molecular weight excluding hydrogens is 314 g/mol. The molecule has 0 amide bonds. The minimum atomic E-state index is 0.568. The molecule has 6 nitrogen and oxygen atoms in total. The molecule has 2 N–H and O–H groups in total. The molecule has 25 heavy (non-hydrogen) atoms. The van der Waals surface area contributed by atoms with Gasteiger partial charge >= 0.3 is 0 Å². The fourth-order valence-corrected chi connectivity index (χ4v) is 3.62. The van der Waals surface area contributed by atoms with E-state index in [1.807, 2.05) is 12.3 Å². The highest BCUT2D eigenvalue weighted by atomic mass is 16.5. The van der Waals surface area contributed by atoms with Gasteiger partial charge in [-0.2, -0.15) is 5.10 Å². The van der Waals surface area contributed by atoms with Gasteiger partial charge in [0.1, 0.15) is 5.82 Å². The highest BCUT2D eigenvalue weighted by Gasteiger charge is 2.18. The fourth-order valence-electron chi connectivity index (χ4n) is 3.62. The second-order valence-corrected chi connectivity index (χ2v) is 6.93. The Labute approximate surface area is 149 Å². The average molecular weight is 341 g/mol. The maximum absolute atomic E-state index is 5.45. The second-order valence-electron chi connectivity index (χ2n) is 6.93.